The summed E-state index contributed by atoms with van der Waals surface area (Å²) in [5.41, 5.74) is 1.48. The Kier molecular flexibility index (Phi) is 6.07. The number of rotatable bonds is 5. The lowest BCUT2D eigenvalue weighted by Crippen LogP contribution is -2.18. The number of hydrogen-bond donors (Lipinski definition) is 2. The van der Waals surface area contributed by atoms with E-state index in [0.29, 0.717) is 21.9 Å². The third kappa shape index (κ3) is 4.67. The molecule has 0 atom stereocenters. The fraction of sp³-hybridized carbons (Fsp3) is 0.105. The number of H-pyrrole nitrogens is 1. The molecule has 0 fully saturated rings. The van der Waals surface area contributed by atoms with Crippen LogP contribution in [0, 0.1) is 6.92 Å². The molecule has 0 amide bonds. The van der Waals surface area contributed by atoms with Crippen LogP contribution >= 0.6 is 23.2 Å². The molecule has 7 nitrogen and oxygen atoms in total. The quantitative estimate of drug-likeness (QED) is 0.578. The molecule has 3 rings (SSSR count). The normalized spacial score (nSPS) is 12.1. The molecule has 0 aliphatic carbocycles. The summed E-state index contributed by atoms with van der Waals surface area (Å²) >= 11 is 12.0. The van der Waals surface area contributed by atoms with Crippen LogP contribution in [0.3, 0.4) is 0 Å². The van der Waals surface area contributed by atoms with E-state index < -0.39 is 10.0 Å². The highest BCUT2D eigenvalue weighted by molar-refractivity contribution is 7.92. The van der Waals surface area contributed by atoms with Gasteiger partial charge in [0.15, 0.2) is 0 Å². The highest BCUT2D eigenvalue weighted by Gasteiger charge is 2.21. The van der Waals surface area contributed by atoms with Crippen LogP contribution in [0.2, 0.25) is 10.0 Å². The molecule has 29 heavy (non-hydrogen) atoms. The fourth-order valence-corrected chi connectivity index (χ4v) is 4.07. The molecule has 0 aliphatic rings. The number of pyridine rings is 2. The van der Waals surface area contributed by atoms with Gasteiger partial charge in [0.25, 0.3) is 10.0 Å². The number of sulfonamides is 1. The molecule has 10 heteroatoms. The molecule has 0 unspecified atom stereocenters. The highest BCUT2D eigenvalue weighted by Crippen LogP contribution is 2.26. The Bertz CT molecular complexity index is 1270. The molecule has 0 saturated heterocycles. The number of nitrogens with zero attached hydrogens (tertiary/aromatic N) is 2. The Balaban J connectivity index is 2.09. The number of aryl methyl sites for hydroxylation is 1. The maximum atomic E-state index is 12.9. The van der Waals surface area contributed by atoms with E-state index in [9.17, 15) is 13.2 Å². The summed E-state index contributed by atoms with van der Waals surface area (Å²) in [6, 6.07) is 8.80. The largest absolute Gasteiger partial charge is 0.329 e. The summed E-state index contributed by atoms with van der Waals surface area (Å²) in [6.45, 7) is 1.71. The number of nitrogens with one attached hydrogen (secondary N) is 2. The maximum Gasteiger partial charge on any atom is 0.261 e. The van der Waals surface area contributed by atoms with Crippen molar-refractivity contribution in [3.8, 4) is 0 Å². The topological polar surface area (TPSA) is 104 Å². The molecule has 0 saturated carbocycles. The van der Waals surface area contributed by atoms with Crippen molar-refractivity contribution in [2.24, 2.45) is 4.99 Å². The Labute approximate surface area is 177 Å². The lowest BCUT2D eigenvalue weighted by Gasteiger charge is -2.14. The first kappa shape index (κ1) is 21.0. The SMILES string of the molecule is CN=C(c1cc[nH]c(=O)c1)c1ncc(Cl)cc1NS(=O)(=O)c1ccc(Cl)c(C)c1. The summed E-state index contributed by atoms with van der Waals surface area (Å²) < 4.78 is 28.3. The van der Waals surface area contributed by atoms with Gasteiger partial charge >= 0.3 is 0 Å². The standard InChI is InChI=1S/C19H16Cl2N4O3S/c1-11-7-14(3-4-15(11)21)29(27,28)25-16-9-13(20)10-24-19(16)18(22-2)12-5-6-23-17(26)8-12/h3-10,25H,1-2H3,(H,23,26). The van der Waals surface area contributed by atoms with E-state index in [0.717, 1.165) is 0 Å². The Morgan fingerprint density at radius 1 is 1.17 bits per heavy atom. The van der Waals surface area contributed by atoms with Crippen LogP contribution in [0.1, 0.15) is 16.8 Å². The number of aromatic nitrogens is 2. The van der Waals surface area contributed by atoms with E-state index in [1.165, 1.54) is 49.8 Å². The number of halogens is 2. The Morgan fingerprint density at radius 2 is 1.93 bits per heavy atom. The van der Waals surface area contributed by atoms with Crippen molar-refractivity contribution < 1.29 is 8.42 Å². The average Bonchev–Trinajstić information content (AvgIpc) is 2.66. The first-order chi connectivity index (χ1) is 13.7. The van der Waals surface area contributed by atoms with Gasteiger partial charge in [0.2, 0.25) is 5.56 Å². The van der Waals surface area contributed by atoms with Crippen molar-refractivity contribution in [3.05, 3.63) is 86.0 Å². The second-order valence-corrected chi connectivity index (χ2v) is 8.61. The van der Waals surface area contributed by atoms with Crippen molar-refractivity contribution >= 4 is 44.6 Å². The monoisotopic (exact) mass is 450 g/mol. The summed E-state index contributed by atoms with van der Waals surface area (Å²) in [5, 5.41) is 0.698. The zero-order valence-corrected chi connectivity index (χ0v) is 17.7. The molecular formula is C19H16Cl2N4O3S. The molecule has 150 valence electrons. The Hall–Kier alpha value is -2.68. The van der Waals surface area contributed by atoms with Crippen LogP contribution < -0.4 is 10.3 Å². The second-order valence-electron chi connectivity index (χ2n) is 6.08. The van der Waals surface area contributed by atoms with Crippen LogP contribution in [0.4, 0.5) is 5.69 Å². The molecule has 2 N–H and O–H groups in total. The first-order valence-corrected chi connectivity index (χ1v) is 10.6. The zero-order chi connectivity index (χ0) is 21.2. The number of aliphatic imine (C=N–C) groups is 1. The van der Waals surface area contributed by atoms with E-state index in [-0.39, 0.29) is 26.9 Å². The van der Waals surface area contributed by atoms with E-state index >= 15 is 0 Å². The Morgan fingerprint density at radius 3 is 2.59 bits per heavy atom. The lowest BCUT2D eigenvalue weighted by molar-refractivity contribution is 0.601. The lowest BCUT2D eigenvalue weighted by atomic mass is 10.1. The summed E-state index contributed by atoms with van der Waals surface area (Å²) in [7, 11) is -2.43. The van der Waals surface area contributed by atoms with E-state index in [1.54, 1.807) is 13.0 Å². The van der Waals surface area contributed by atoms with Gasteiger partial charge in [0, 0.05) is 36.1 Å². The van der Waals surface area contributed by atoms with Gasteiger partial charge in [-0.15, -0.1) is 0 Å². The summed E-state index contributed by atoms with van der Waals surface area (Å²) in [4.78, 5) is 22.7. The van der Waals surface area contributed by atoms with Crippen molar-refractivity contribution in [1.29, 1.82) is 0 Å². The third-order valence-corrected chi connectivity index (χ3v) is 6.03. The molecule has 0 bridgehead atoms. The number of hydrogen-bond acceptors (Lipinski definition) is 5. The predicted octanol–water partition coefficient (Wildman–Crippen LogP) is 3.65. The predicted molar refractivity (Wildman–Crippen MR) is 115 cm³/mol. The van der Waals surface area contributed by atoms with Crippen molar-refractivity contribution in [2.75, 3.05) is 11.8 Å². The molecule has 0 radical (unpaired) electrons. The minimum atomic E-state index is -3.95. The van der Waals surface area contributed by atoms with Crippen LogP contribution in [-0.2, 0) is 10.0 Å². The van der Waals surface area contributed by atoms with Gasteiger partial charge in [-0.1, -0.05) is 23.2 Å². The average molecular weight is 451 g/mol. The summed E-state index contributed by atoms with van der Waals surface area (Å²) in [5.74, 6) is 0. The van der Waals surface area contributed by atoms with Gasteiger partial charge in [-0.25, -0.2) is 8.42 Å². The van der Waals surface area contributed by atoms with Gasteiger partial charge in [-0.3, -0.25) is 19.5 Å². The minimum Gasteiger partial charge on any atom is -0.329 e. The molecule has 0 aliphatic heterocycles. The fourth-order valence-electron chi connectivity index (χ4n) is 2.66. The second kappa shape index (κ2) is 8.36. The van der Waals surface area contributed by atoms with Crippen LogP contribution in [0.25, 0.3) is 0 Å². The maximum absolute atomic E-state index is 12.9. The minimum absolute atomic E-state index is 0.0384. The van der Waals surface area contributed by atoms with Crippen molar-refractivity contribution in [1.82, 2.24) is 9.97 Å². The van der Waals surface area contributed by atoms with Gasteiger partial charge in [-0.2, -0.15) is 0 Å². The molecule has 0 spiro atoms. The van der Waals surface area contributed by atoms with Crippen LogP contribution in [0.5, 0.6) is 0 Å². The molecule has 2 aromatic heterocycles. The van der Waals surface area contributed by atoms with Crippen molar-refractivity contribution in [2.45, 2.75) is 11.8 Å². The van der Waals surface area contributed by atoms with E-state index in [4.69, 9.17) is 23.2 Å². The number of anilines is 1. The highest BCUT2D eigenvalue weighted by atomic mass is 35.5. The van der Waals surface area contributed by atoms with Gasteiger partial charge < -0.3 is 4.98 Å². The molecular weight excluding hydrogens is 435 g/mol. The third-order valence-electron chi connectivity index (χ3n) is 4.03. The van der Waals surface area contributed by atoms with Crippen LogP contribution in [-0.4, -0.2) is 31.1 Å². The number of benzene rings is 1. The zero-order valence-electron chi connectivity index (χ0n) is 15.4. The summed E-state index contributed by atoms with van der Waals surface area (Å²) in [6.07, 6.45) is 2.85. The van der Waals surface area contributed by atoms with Gasteiger partial charge in [0.1, 0.15) is 5.69 Å². The molecule has 1 aromatic carbocycles. The van der Waals surface area contributed by atoms with E-state index in [1.807, 2.05) is 0 Å². The van der Waals surface area contributed by atoms with Gasteiger partial charge in [0.05, 0.1) is 21.3 Å². The molecule has 3 aromatic rings. The van der Waals surface area contributed by atoms with Crippen LogP contribution in [0.15, 0.2) is 63.5 Å². The van der Waals surface area contributed by atoms with E-state index in [2.05, 4.69) is 19.7 Å². The first-order valence-electron chi connectivity index (χ1n) is 8.32. The van der Waals surface area contributed by atoms with Crippen molar-refractivity contribution in [3.63, 3.8) is 0 Å². The smallest absolute Gasteiger partial charge is 0.261 e. The molecule has 2 heterocycles. The van der Waals surface area contributed by atoms with Gasteiger partial charge in [-0.05, 0) is 42.8 Å². The number of aromatic amines is 1.